The van der Waals surface area contributed by atoms with Gasteiger partial charge in [-0.3, -0.25) is 0 Å². The molecular formula is C15H24N2O. The second-order valence-electron chi connectivity index (χ2n) is 5.01. The molecule has 3 nitrogen and oxygen atoms in total. The minimum Gasteiger partial charge on any atom is -0.489 e. The Bertz CT molecular complexity index is 379. The Labute approximate surface area is 110 Å². The predicted molar refractivity (Wildman–Crippen MR) is 76.3 cm³/mol. The van der Waals surface area contributed by atoms with Crippen molar-refractivity contribution in [1.29, 1.82) is 0 Å². The number of nitrogens with one attached hydrogen (secondary N) is 1. The van der Waals surface area contributed by atoms with Gasteiger partial charge in [-0.25, -0.2) is 0 Å². The molecule has 0 saturated carbocycles. The molecule has 0 fully saturated rings. The first-order valence-electron chi connectivity index (χ1n) is 6.98. The number of fused-ring (bicyclic) bond motifs is 1. The molecule has 1 N–H and O–H groups in total. The molecule has 1 aromatic rings. The second kappa shape index (κ2) is 6.64. The highest BCUT2D eigenvalue weighted by Gasteiger charge is 2.14. The Hall–Kier alpha value is -1.22. The third-order valence-electron chi connectivity index (χ3n) is 3.34. The van der Waals surface area contributed by atoms with Crippen LogP contribution in [0.1, 0.15) is 31.7 Å². The number of benzene rings is 1. The average molecular weight is 248 g/mol. The van der Waals surface area contributed by atoms with Gasteiger partial charge in [0.05, 0.1) is 5.69 Å². The highest BCUT2D eigenvalue weighted by molar-refractivity contribution is 5.61. The number of rotatable bonds is 6. The lowest BCUT2D eigenvalue weighted by atomic mass is 10.1. The molecule has 0 aliphatic carbocycles. The molecule has 0 atom stereocenters. The van der Waals surface area contributed by atoms with Crippen LogP contribution in [0.2, 0.25) is 0 Å². The van der Waals surface area contributed by atoms with Gasteiger partial charge in [-0.05, 0) is 26.1 Å². The molecule has 0 amide bonds. The lowest BCUT2D eigenvalue weighted by Crippen LogP contribution is -2.22. The molecule has 18 heavy (non-hydrogen) atoms. The quantitative estimate of drug-likeness (QED) is 0.783. The zero-order valence-electron chi connectivity index (χ0n) is 11.5. The van der Waals surface area contributed by atoms with Crippen molar-refractivity contribution in [3.63, 3.8) is 0 Å². The van der Waals surface area contributed by atoms with Gasteiger partial charge in [-0.15, -0.1) is 0 Å². The van der Waals surface area contributed by atoms with E-state index >= 15 is 0 Å². The van der Waals surface area contributed by atoms with Crippen LogP contribution in [0.25, 0.3) is 0 Å². The summed E-state index contributed by atoms with van der Waals surface area (Å²) in [6, 6.07) is 6.37. The van der Waals surface area contributed by atoms with Gasteiger partial charge >= 0.3 is 0 Å². The van der Waals surface area contributed by atoms with E-state index in [1.807, 2.05) is 0 Å². The van der Waals surface area contributed by atoms with E-state index in [1.165, 1.54) is 24.8 Å². The van der Waals surface area contributed by atoms with E-state index in [9.17, 15) is 0 Å². The monoisotopic (exact) mass is 248 g/mol. The van der Waals surface area contributed by atoms with Crippen LogP contribution in [-0.2, 0) is 6.54 Å². The minimum atomic E-state index is 0.767. The van der Waals surface area contributed by atoms with E-state index < -0.39 is 0 Å². The van der Waals surface area contributed by atoms with Gasteiger partial charge in [-0.1, -0.05) is 31.9 Å². The molecule has 0 spiro atoms. The van der Waals surface area contributed by atoms with Crippen LogP contribution in [0.4, 0.5) is 5.69 Å². The fraction of sp³-hybridized carbons (Fsp3) is 0.600. The largest absolute Gasteiger partial charge is 0.489 e. The lowest BCUT2D eigenvalue weighted by molar-refractivity contribution is 0.291. The number of anilines is 1. The lowest BCUT2D eigenvalue weighted by Gasteiger charge is -2.24. The summed E-state index contributed by atoms with van der Waals surface area (Å²) in [7, 11) is 2.19. The van der Waals surface area contributed by atoms with E-state index in [1.54, 1.807) is 0 Å². The average Bonchev–Trinajstić information content (AvgIpc) is 2.39. The topological polar surface area (TPSA) is 24.5 Å². The van der Waals surface area contributed by atoms with E-state index in [2.05, 4.69) is 42.4 Å². The van der Waals surface area contributed by atoms with Crippen LogP contribution in [0.3, 0.4) is 0 Å². The number of unbranched alkanes of at least 4 members (excludes halogenated alkanes) is 2. The Balaban J connectivity index is 1.96. The van der Waals surface area contributed by atoms with Crippen molar-refractivity contribution in [2.75, 3.05) is 32.1 Å². The van der Waals surface area contributed by atoms with Gasteiger partial charge in [0.2, 0.25) is 0 Å². The molecule has 3 heteroatoms. The van der Waals surface area contributed by atoms with Crippen LogP contribution in [0, 0.1) is 0 Å². The first-order valence-corrected chi connectivity index (χ1v) is 6.98. The second-order valence-corrected chi connectivity index (χ2v) is 5.01. The highest BCUT2D eigenvalue weighted by Crippen LogP contribution is 2.31. The summed E-state index contributed by atoms with van der Waals surface area (Å²) in [5.41, 5.74) is 2.43. The van der Waals surface area contributed by atoms with Gasteiger partial charge in [0.15, 0.2) is 0 Å². The molecule has 0 saturated heterocycles. The molecule has 1 aromatic carbocycles. The van der Waals surface area contributed by atoms with Crippen LogP contribution in [0.15, 0.2) is 18.2 Å². The van der Waals surface area contributed by atoms with Crippen LogP contribution >= 0.6 is 0 Å². The van der Waals surface area contributed by atoms with Crippen molar-refractivity contribution in [2.24, 2.45) is 0 Å². The summed E-state index contributed by atoms with van der Waals surface area (Å²) in [6.07, 6.45) is 3.87. The molecule has 2 rings (SSSR count). The first kappa shape index (κ1) is 13.2. The Morgan fingerprint density at radius 2 is 2.22 bits per heavy atom. The van der Waals surface area contributed by atoms with Gasteiger partial charge in [0.1, 0.15) is 12.4 Å². The van der Waals surface area contributed by atoms with E-state index in [0.29, 0.717) is 0 Å². The molecular weight excluding hydrogens is 224 g/mol. The summed E-state index contributed by atoms with van der Waals surface area (Å²) in [5, 5.41) is 3.39. The van der Waals surface area contributed by atoms with E-state index in [4.69, 9.17) is 4.74 Å². The molecule has 0 bridgehead atoms. The Morgan fingerprint density at radius 3 is 3.06 bits per heavy atom. The normalized spacial score (nSPS) is 13.9. The minimum absolute atomic E-state index is 0.767. The molecule has 1 aliphatic rings. The summed E-state index contributed by atoms with van der Waals surface area (Å²) in [4.78, 5) is 2.38. The first-order chi connectivity index (χ1) is 8.81. The number of hydrogen-bond donors (Lipinski definition) is 1. The maximum atomic E-state index is 5.79. The van der Waals surface area contributed by atoms with Crippen molar-refractivity contribution < 1.29 is 4.74 Å². The fourth-order valence-electron chi connectivity index (χ4n) is 2.36. The maximum absolute atomic E-state index is 5.79. The van der Waals surface area contributed by atoms with Crippen molar-refractivity contribution in [2.45, 2.75) is 32.7 Å². The third-order valence-corrected chi connectivity index (χ3v) is 3.34. The fourth-order valence-corrected chi connectivity index (χ4v) is 2.36. The van der Waals surface area contributed by atoms with Gasteiger partial charge in [0.25, 0.3) is 0 Å². The van der Waals surface area contributed by atoms with Crippen molar-refractivity contribution >= 4 is 5.69 Å². The standard InChI is InChI=1S/C15H24N2O/c1-3-4-5-10-17(2)12-13-7-6-8-14-15(13)18-11-9-16-14/h6-8,16H,3-5,9-12H2,1-2H3. The summed E-state index contributed by atoms with van der Waals surface area (Å²) in [5.74, 6) is 1.05. The van der Waals surface area contributed by atoms with Crippen molar-refractivity contribution in [3.8, 4) is 5.75 Å². The smallest absolute Gasteiger partial charge is 0.146 e. The Kier molecular flexibility index (Phi) is 4.88. The van der Waals surface area contributed by atoms with Crippen LogP contribution in [0.5, 0.6) is 5.75 Å². The molecule has 0 aromatic heterocycles. The molecule has 0 radical (unpaired) electrons. The number of ether oxygens (including phenoxy) is 1. The zero-order valence-corrected chi connectivity index (χ0v) is 11.5. The van der Waals surface area contributed by atoms with E-state index in [-0.39, 0.29) is 0 Å². The van der Waals surface area contributed by atoms with Gasteiger partial charge in [-0.2, -0.15) is 0 Å². The van der Waals surface area contributed by atoms with Crippen LogP contribution < -0.4 is 10.1 Å². The van der Waals surface area contributed by atoms with Gasteiger partial charge in [0, 0.05) is 18.7 Å². The Morgan fingerprint density at radius 1 is 1.33 bits per heavy atom. The SMILES string of the molecule is CCCCCN(C)Cc1cccc2c1OCCN2. The summed E-state index contributed by atoms with van der Waals surface area (Å²) >= 11 is 0. The van der Waals surface area contributed by atoms with Gasteiger partial charge < -0.3 is 15.0 Å². The van der Waals surface area contributed by atoms with Crippen molar-refractivity contribution in [3.05, 3.63) is 23.8 Å². The molecule has 1 heterocycles. The number of hydrogen-bond acceptors (Lipinski definition) is 3. The highest BCUT2D eigenvalue weighted by atomic mass is 16.5. The number of para-hydroxylation sites is 1. The molecule has 100 valence electrons. The summed E-state index contributed by atoms with van der Waals surface area (Å²) < 4.78 is 5.79. The van der Waals surface area contributed by atoms with E-state index in [0.717, 1.165) is 37.7 Å². The maximum Gasteiger partial charge on any atom is 0.146 e. The zero-order chi connectivity index (χ0) is 12.8. The summed E-state index contributed by atoms with van der Waals surface area (Å²) in [6.45, 7) is 6.04. The predicted octanol–water partition coefficient (Wildman–Crippen LogP) is 3.11. The molecule has 0 unspecified atom stereocenters. The molecule has 1 aliphatic heterocycles. The van der Waals surface area contributed by atoms with Crippen LogP contribution in [-0.4, -0.2) is 31.6 Å². The third kappa shape index (κ3) is 3.39. The number of nitrogens with zero attached hydrogens (tertiary/aromatic N) is 1. The van der Waals surface area contributed by atoms with Crippen molar-refractivity contribution in [1.82, 2.24) is 4.90 Å².